The number of likely N-dealkylation sites (tertiary alicyclic amines) is 2. The molecule has 0 aliphatic carbocycles. The van der Waals surface area contributed by atoms with Gasteiger partial charge in [-0.3, -0.25) is 19.2 Å². The van der Waals surface area contributed by atoms with Gasteiger partial charge in [-0.25, -0.2) is 8.78 Å². The van der Waals surface area contributed by atoms with E-state index in [2.05, 4.69) is 5.32 Å². The standard InChI is InChI=1S/C28H32F2N4O4/c1-16(2)13-22(31-26(36)17-5-8-19(9-6-17)32(3)4)28(38)33-12-11-23-25(33)24(35)15-34(23)27(37)18-7-10-20(29)21(30)14-18/h5-10,14,16,22-23,25H,11-13,15H2,1-4H3,(H,31,36)/t22-,23?,25-/m0/s1. The zero-order chi connectivity index (χ0) is 27.7. The fourth-order valence-corrected chi connectivity index (χ4v) is 5.18. The number of ketones is 1. The van der Waals surface area contributed by atoms with Gasteiger partial charge in [-0.15, -0.1) is 0 Å². The minimum absolute atomic E-state index is 0.0626. The number of halogens is 2. The second kappa shape index (κ2) is 10.9. The lowest BCUT2D eigenvalue weighted by Gasteiger charge is -2.29. The number of Topliss-reactive ketones (excluding diaryl/α,β-unsaturated/α-hetero) is 1. The van der Waals surface area contributed by atoms with Crippen molar-refractivity contribution in [1.29, 1.82) is 0 Å². The number of nitrogens with zero attached hydrogens (tertiary/aromatic N) is 3. The Bertz CT molecular complexity index is 1250. The molecule has 8 nitrogen and oxygen atoms in total. The molecule has 2 aromatic rings. The van der Waals surface area contributed by atoms with E-state index >= 15 is 0 Å². The van der Waals surface area contributed by atoms with E-state index in [-0.39, 0.29) is 36.3 Å². The highest BCUT2D eigenvalue weighted by molar-refractivity contribution is 6.03. The molecule has 2 aromatic carbocycles. The number of rotatable bonds is 7. The Labute approximate surface area is 220 Å². The maximum Gasteiger partial charge on any atom is 0.254 e. The third-order valence-electron chi connectivity index (χ3n) is 7.09. The van der Waals surface area contributed by atoms with E-state index < -0.39 is 41.6 Å². The van der Waals surface area contributed by atoms with Crippen LogP contribution in [0.5, 0.6) is 0 Å². The SMILES string of the molecule is CC(C)C[C@H](NC(=O)c1ccc(N(C)C)cc1)C(=O)N1CCC2[C@H]1C(=O)CN2C(=O)c1ccc(F)c(F)c1. The molecule has 2 saturated heterocycles. The van der Waals surface area contributed by atoms with Crippen molar-refractivity contribution in [3.05, 3.63) is 65.2 Å². The lowest BCUT2D eigenvalue weighted by Crippen LogP contribution is -2.53. The summed E-state index contributed by atoms with van der Waals surface area (Å²) in [6, 6.07) is 7.61. The number of amides is 3. The van der Waals surface area contributed by atoms with Crippen LogP contribution in [0.4, 0.5) is 14.5 Å². The lowest BCUT2D eigenvalue weighted by atomic mass is 10.0. The van der Waals surface area contributed by atoms with E-state index in [1.54, 1.807) is 12.1 Å². The molecule has 0 aromatic heterocycles. The summed E-state index contributed by atoms with van der Waals surface area (Å²) >= 11 is 0. The van der Waals surface area contributed by atoms with Crippen molar-refractivity contribution in [2.24, 2.45) is 5.92 Å². The summed E-state index contributed by atoms with van der Waals surface area (Å²) in [5.41, 5.74) is 1.28. The summed E-state index contributed by atoms with van der Waals surface area (Å²) in [6.07, 6.45) is 0.742. The van der Waals surface area contributed by atoms with Crippen LogP contribution in [0.3, 0.4) is 0 Å². The van der Waals surface area contributed by atoms with E-state index in [1.165, 1.54) is 15.9 Å². The van der Waals surface area contributed by atoms with Gasteiger partial charge in [-0.05, 0) is 61.2 Å². The zero-order valence-electron chi connectivity index (χ0n) is 21.9. The van der Waals surface area contributed by atoms with Gasteiger partial charge in [0.05, 0.1) is 12.6 Å². The second-order valence-corrected chi connectivity index (χ2v) is 10.5. The third-order valence-corrected chi connectivity index (χ3v) is 7.09. The first-order valence-electron chi connectivity index (χ1n) is 12.7. The number of hydrogen-bond donors (Lipinski definition) is 1. The normalized spacial score (nSPS) is 19.5. The summed E-state index contributed by atoms with van der Waals surface area (Å²) in [5.74, 6) is -3.79. The molecule has 2 fully saturated rings. The van der Waals surface area contributed by atoms with Crippen molar-refractivity contribution in [1.82, 2.24) is 15.1 Å². The molecule has 2 aliphatic rings. The van der Waals surface area contributed by atoms with Gasteiger partial charge in [-0.2, -0.15) is 0 Å². The Balaban J connectivity index is 1.50. The van der Waals surface area contributed by atoms with Crippen LogP contribution in [0, 0.1) is 17.6 Å². The van der Waals surface area contributed by atoms with Crippen molar-refractivity contribution < 1.29 is 28.0 Å². The van der Waals surface area contributed by atoms with Gasteiger partial charge in [0.25, 0.3) is 11.8 Å². The van der Waals surface area contributed by atoms with Crippen LogP contribution < -0.4 is 10.2 Å². The number of carbonyl (C=O) groups excluding carboxylic acids is 4. The van der Waals surface area contributed by atoms with Gasteiger partial charge in [0.2, 0.25) is 5.91 Å². The van der Waals surface area contributed by atoms with E-state index in [0.29, 0.717) is 18.4 Å². The van der Waals surface area contributed by atoms with Crippen molar-refractivity contribution >= 4 is 29.2 Å². The minimum Gasteiger partial charge on any atom is -0.378 e. The summed E-state index contributed by atoms with van der Waals surface area (Å²) in [6.45, 7) is 3.89. The van der Waals surface area contributed by atoms with E-state index in [4.69, 9.17) is 0 Å². The number of hydrogen-bond acceptors (Lipinski definition) is 5. The third kappa shape index (κ3) is 5.39. The average molecular weight is 527 g/mol. The Hall–Kier alpha value is -3.82. The number of nitrogens with one attached hydrogen (secondary N) is 1. The number of fused-ring (bicyclic) bond motifs is 1. The van der Waals surface area contributed by atoms with E-state index in [0.717, 1.165) is 17.8 Å². The van der Waals surface area contributed by atoms with Crippen LogP contribution >= 0.6 is 0 Å². The molecule has 0 bridgehead atoms. The zero-order valence-corrected chi connectivity index (χ0v) is 21.9. The Morgan fingerprint density at radius 3 is 2.26 bits per heavy atom. The molecule has 38 heavy (non-hydrogen) atoms. The molecule has 1 N–H and O–H groups in total. The summed E-state index contributed by atoms with van der Waals surface area (Å²) < 4.78 is 27.1. The Morgan fingerprint density at radius 1 is 1.00 bits per heavy atom. The molecular weight excluding hydrogens is 494 g/mol. The first-order chi connectivity index (χ1) is 18.0. The fraction of sp³-hybridized carbons (Fsp3) is 0.429. The molecule has 10 heteroatoms. The van der Waals surface area contributed by atoms with Gasteiger partial charge in [0.1, 0.15) is 12.1 Å². The molecule has 0 saturated carbocycles. The second-order valence-electron chi connectivity index (χ2n) is 10.5. The molecular formula is C28H32F2N4O4. The smallest absolute Gasteiger partial charge is 0.254 e. The van der Waals surface area contributed by atoms with Crippen LogP contribution in [0.2, 0.25) is 0 Å². The largest absolute Gasteiger partial charge is 0.378 e. The first-order valence-corrected chi connectivity index (χ1v) is 12.7. The highest BCUT2D eigenvalue weighted by atomic mass is 19.2. The van der Waals surface area contributed by atoms with Crippen LogP contribution in [0.15, 0.2) is 42.5 Å². The van der Waals surface area contributed by atoms with Gasteiger partial charge >= 0.3 is 0 Å². The molecule has 3 amide bonds. The number of benzene rings is 2. The van der Waals surface area contributed by atoms with Gasteiger partial charge in [0, 0.05) is 37.5 Å². The van der Waals surface area contributed by atoms with Crippen LogP contribution in [0.25, 0.3) is 0 Å². The van der Waals surface area contributed by atoms with Crippen molar-refractivity contribution in [3.63, 3.8) is 0 Å². The molecule has 202 valence electrons. The molecule has 2 aliphatic heterocycles. The lowest BCUT2D eigenvalue weighted by molar-refractivity contribution is -0.138. The van der Waals surface area contributed by atoms with E-state index in [9.17, 15) is 28.0 Å². The maximum atomic E-state index is 13.7. The van der Waals surface area contributed by atoms with E-state index in [1.807, 2.05) is 45.0 Å². The quantitative estimate of drug-likeness (QED) is 0.600. The summed E-state index contributed by atoms with van der Waals surface area (Å²) in [7, 11) is 3.79. The van der Waals surface area contributed by atoms with Gasteiger partial charge < -0.3 is 20.0 Å². The average Bonchev–Trinajstić information content (AvgIpc) is 3.45. The predicted octanol–water partition coefficient (Wildman–Crippen LogP) is 2.87. The molecule has 0 spiro atoms. The van der Waals surface area contributed by atoms with Crippen molar-refractivity contribution in [2.75, 3.05) is 32.1 Å². The van der Waals surface area contributed by atoms with Crippen molar-refractivity contribution in [3.8, 4) is 0 Å². The molecule has 3 atom stereocenters. The Morgan fingerprint density at radius 2 is 1.66 bits per heavy atom. The summed E-state index contributed by atoms with van der Waals surface area (Å²) in [5, 5.41) is 2.84. The van der Waals surface area contributed by atoms with Crippen LogP contribution in [-0.2, 0) is 9.59 Å². The fourth-order valence-electron chi connectivity index (χ4n) is 5.18. The first kappa shape index (κ1) is 27.2. The summed E-state index contributed by atoms with van der Waals surface area (Å²) in [4.78, 5) is 57.4. The topological polar surface area (TPSA) is 90.0 Å². The van der Waals surface area contributed by atoms with Gasteiger partial charge in [-0.1, -0.05) is 13.8 Å². The number of anilines is 1. The van der Waals surface area contributed by atoms with Crippen LogP contribution in [-0.4, -0.2) is 78.6 Å². The predicted molar refractivity (Wildman–Crippen MR) is 138 cm³/mol. The number of carbonyl (C=O) groups is 4. The highest BCUT2D eigenvalue weighted by Gasteiger charge is 2.52. The minimum atomic E-state index is -1.15. The molecule has 4 rings (SSSR count). The molecule has 0 radical (unpaired) electrons. The van der Waals surface area contributed by atoms with Crippen LogP contribution in [0.1, 0.15) is 47.4 Å². The highest BCUT2D eigenvalue weighted by Crippen LogP contribution is 2.32. The monoisotopic (exact) mass is 526 g/mol. The van der Waals surface area contributed by atoms with Gasteiger partial charge in [0.15, 0.2) is 17.4 Å². The molecule has 2 heterocycles. The maximum absolute atomic E-state index is 13.7. The van der Waals surface area contributed by atoms with Crippen molar-refractivity contribution in [2.45, 2.75) is 44.8 Å². The molecule has 1 unspecified atom stereocenters. The Kier molecular flexibility index (Phi) is 7.80.